The number of carbonyl (C=O) groups excluding carboxylic acids is 2. The molecule has 7 nitrogen and oxygen atoms in total. The lowest BCUT2D eigenvalue weighted by molar-refractivity contribution is -0.137. The maximum absolute atomic E-state index is 12.7. The number of nitrogens with one attached hydrogen (secondary N) is 2. The number of rotatable bonds is 4. The number of carbonyl (C=O) groups is 2. The second-order valence-corrected chi connectivity index (χ2v) is 7.59. The van der Waals surface area contributed by atoms with Gasteiger partial charge in [0.1, 0.15) is 16.4 Å². The van der Waals surface area contributed by atoms with Crippen molar-refractivity contribution in [3.05, 3.63) is 57.9 Å². The molecule has 0 atom stereocenters. The number of aryl methyl sites for hydroxylation is 3. The maximum Gasteiger partial charge on any atom is 0.416 e. The summed E-state index contributed by atoms with van der Waals surface area (Å²) in [5, 5.41) is 4.58. The minimum Gasteiger partial charge on any atom is -0.271 e. The molecule has 11 heteroatoms. The standard InChI is InChI=1S/C19H18F3N5O2S/c1-10-8-11(2)27(26-10)9-15(28)24-25-17(29)16-12(3)23-18(30-16)13-4-6-14(7-5-13)19(20,21)22/h4-8H,9H2,1-3H3,(H,24,28)(H,25,29). The highest BCUT2D eigenvalue weighted by molar-refractivity contribution is 7.17. The maximum atomic E-state index is 12.7. The first kappa shape index (κ1) is 21.5. The smallest absolute Gasteiger partial charge is 0.271 e. The first-order valence-electron chi connectivity index (χ1n) is 8.80. The number of hydrazine groups is 1. The van der Waals surface area contributed by atoms with Crippen molar-refractivity contribution in [2.75, 3.05) is 0 Å². The molecule has 0 saturated heterocycles. The second-order valence-electron chi connectivity index (χ2n) is 6.60. The van der Waals surface area contributed by atoms with Crippen LogP contribution in [0.1, 0.15) is 32.3 Å². The molecule has 2 aromatic heterocycles. The van der Waals surface area contributed by atoms with E-state index in [4.69, 9.17) is 0 Å². The van der Waals surface area contributed by atoms with Gasteiger partial charge in [0.05, 0.1) is 17.0 Å². The van der Waals surface area contributed by atoms with E-state index >= 15 is 0 Å². The van der Waals surface area contributed by atoms with Gasteiger partial charge in [-0.1, -0.05) is 12.1 Å². The quantitative estimate of drug-likeness (QED) is 0.613. The van der Waals surface area contributed by atoms with Crippen molar-refractivity contribution >= 4 is 23.2 Å². The van der Waals surface area contributed by atoms with Gasteiger partial charge in [0.15, 0.2) is 0 Å². The van der Waals surface area contributed by atoms with E-state index in [1.807, 2.05) is 19.9 Å². The molecule has 0 bridgehead atoms. The molecule has 0 unspecified atom stereocenters. The van der Waals surface area contributed by atoms with Gasteiger partial charge in [-0.2, -0.15) is 18.3 Å². The van der Waals surface area contributed by atoms with Gasteiger partial charge >= 0.3 is 6.18 Å². The Hall–Kier alpha value is -3.21. The van der Waals surface area contributed by atoms with E-state index in [9.17, 15) is 22.8 Å². The monoisotopic (exact) mass is 437 g/mol. The Morgan fingerprint density at radius 3 is 2.33 bits per heavy atom. The number of hydrogen-bond acceptors (Lipinski definition) is 5. The van der Waals surface area contributed by atoms with E-state index in [0.717, 1.165) is 34.9 Å². The highest BCUT2D eigenvalue weighted by Gasteiger charge is 2.30. The summed E-state index contributed by atoms with van der Waals surface area (Å²) in [5.74, 6) is -1.02. The molecule has 0 radical (unpaired) electrons. The second kappa shape index (κ2) is 8.27. The number of halogens is 3. The van der Waals surface area contributed by atoms with Gasteiger partial charge < -0.3 is 0 Å². The van der Waals surface area contributed by atoms with Crippen LogP contribution in [-0.2, 0) is 17.5 Å². The van der Waals surface area contributed by atoms with E-state index in [1.54, 1.807) is 6.92 Å². The number of benzene rings is 1. The van der Waals surface area contributed by atoms with Crippen LogP contribution in [-0.4, -0.2) is 26.6 Å². The van der Waals surface area contributed by atoms with Crippen LogP contribution in [0.5, 0.6) is 0 Å². The fourth-order valence-corrected chi connectivity index (χ4v) is 3.69. The van der Waals surface area contributed by atoms with E-state index in [1.165, 1.54) is 16.8 Å². The molecule has 158 valence electrons. The van der Waals surface area contributed by atoms with Gasteiger partial charge in [0.2, 0.25) is 0 Å². The molecule has 2 heterocycles. The van der Waals surface area contributed by atoms with Crippen molar-refractivity contribution in [2.45, 2.75) is 33.5 Å². The zero-order chi connectivity index (χ0) is 22.1. The predicted molar refractivity (Wildman–Crippen MR) is 105 cm³/mol. The molecule has 0 saturated carbocycles. The number of hydrogen-bond donors (Lipinski definition) is 2. The highest BCUT2D eigenvalue weighted by atomic mass is 32.1. The van der Waals surface area contributed by atoms with Crippen LogP contribution in [0.3, 0.4) is 0 Å². The summed E-state index contributed by atoms with van der Waals surface area (Å²) in [6.07, 6.45) is -4.42. The lowest BCUT2D eigenvalue weighted by atomic mass is 10.1. The Kier molecular flexibility index (Phi) is 5.92. The van der Waals surface area contributed by atoms with Crippen molar-refractivity contribution in [2.24, 2.45) is 0 Å². The molecule has 2 N–H and O–H groups in total. The largest absolute Gasteiger partial charge is 0.416 e. The Morgan fingerprint density at radius 2 is 1.77 bits per heavy atom. The zero-order valence-corrected chi connectivity index (χ0v) is 17.1. The molecule has 0 aliphatic rings. The molecule has 3 rings (SSSR count). The van der Waals surface area contributed by atoms with E-state index < -0.39 is 23.6 Å². The highest BCUT2D eigenvalue weighted by Crippen LogP contribution is 2.32. The Bertz CT molecular complexity index is 1090. The van der Waals surface area contributed by atoms with Gasteiger partial charge in [0, 0.05) is 11.3 Å². The van der Waals surface area contributed by atoms with E-state index in [2.05, 4.69) is 20.9 Å². The van der Waals surface area contributed by atoms with Crippen molar-refractivity contribution in [1.82, 2.24) is 25.6 Å². The molecule has 2 amide bonds. The number of thiazole rings is 1. The molecule has 1 aromatic carbocycles. The number of amides is 2. The average Bonchev–Trinajstić information content (AvgIpc) is 3.21. The van der Waals surface area contributed by atoms with Crippen molar-refractivity contribution in [3.8, 4) is 10.6 Å². The lowest BCUT2D eigenvalue weighted by Gasteiger charge is -2.07. The Balaban J connectivity index is 1.65. The molecule has 0 aliphatic heterocycles. The van der Waals surface area contributed by atoms with Crippen LogP contribution in [0.15, 0.2) is 30.3 Å². The van der Waals surface area contributed by atoms with Crippen molar-refractivity contribution in [3.63, 3.8) is 0 Å². The van der Waals surface area contributed by atoms with Gasteiger partial charge in [-0.05, 0) is 39.0 Å². The lowest BCUT2D eigenvalue weighted by Crippen LogP contribution is -2.43. The first-order valence-corrected chi connectivity index (χ1v) is 9.61. The third-order valence-corrected chi connectivity index (χ3v) is 5.38. The average molecular weight is 437 g/mol. The van der Waals surface area contributed by atoms with Crippen molar-refractivity contribution < 1.29 is 22.8 Å². The first-order chi connectivity index (χ1) is 14.0. The third kappa shape index (κ3) is 4.85. The Morgan fingerprint density at radius 1 is 1.10 bits per heavy atom. The summed E-state index contributed by atoms with van der Waals surface area (Å²) in [6, 6.07) is 6.36. The van der Waals surface area contributed by atoms with Gasteiger partial charge in [0.25, 0.3) is 11.8 Å². The normalized spacial score (nSPS) is 11.4. The summed E-state index contributed by atoms with van der Waals surface area (Å²) in [5.41, 5.74) is 6.34. The Labute approximate surface area is 173 Å². The molecule has 0 aliphatic carbocycles. The van der Waals surface area contributed by atoms with Gasteiger partial charge in [-0.3, -0.25) is 25.1 Å². The number of nitrogens with zero attached hydrogens (tertiary/aromatic N) is 3. The van der Waals surface area contributed by atoms with Crippen LogP contribution in [0.2, 0.25) is 0 Å². The molecular formula is C19H18F3N5O2S. The summed E-state index contributed by atoms with van der Waals surface area (Å²) in [6.45, 7) is 5.18. The van der Waals surface area contributed by atoms with Crippen LogP contribution in [0.25, 0.3) is 10.6 Å². The van der Waals surface area contributed by atoms with E-state index in [0.29, 0.717) is 16.3 Å². The molecule has 0 spiro atoms. The van der Waals surface area contributed by atoms with Gasteiger partial charge in [-0.25, -0.2) is 4.98 Å². The third-order valence-electron chi connectivity index (χ3n) is 4.17. The SMILES string of the molecule is Cc1cc(C)n(CC(=O)NNC(=O)c2sc(-c3ccc(C(F)(F)F)cc3)nc2C)n1. The summed E-state index contributed by atoms with van der Waals surface area (Å²) in [7, 11) is 0. The van der Waals surface area contributed by atoms with Crippen LogP contribution >= 0.6 is 11.3 Å². The molecular weight excluding hydrogens is 419 g/mol. The fraction of sp³-hybridized carbons (Fsp3) is 0.263. The van der Waals surface area contributed by atoms with Crippen LogP contribution < -0.4 is 10.9 Å². The fourth-order valence-electron chi connectivity index (χ4n) is 2.73. The minimum absolute atomic E-state index is 0.0571. The molecule has 3 aromatic rings. The topological polar surface area (TPSA) is 88.9 Å². The minimum atomic E-state index is -4.42. The molecule has 30 heavy (non-hydrogen) atoms. The van der Waals surface area contributed by atoms with E-state index in [-0.39, 0.29) is 11.4 Å². The van der Waals surface area contributed by atoms with Gasteiger partial charge in [-0.15, -0.1) is 11.3 Å². The van der Waals surface area contributed by atoms with Crippen molar-refractivity contribution in [1.29, 1.82) is 0 Å². The predicted octanol–water partition coefficient (Wildman–Crippen LogP) is 3.41. The summed E-state index contributed by atoms with van der Waals surface area (Å²) in [4.78, 5) is 28.9. The van der Waals surface area contributed by atoms with Crippen LogP contribution in [0, 0.1) is 20.8 Å². The number of aromatic nitrogens is 3. The van der Waals surface area contributed by atoms with Crippen LogP contribution in [0.4, 0.5) is 13.2 Å². The summed E-state index contributed by atoms with van der Waals surface area (Å²) < 4.78 is 39.6. The molecule has 0 fully saturated rings. The number of alkyl halides is 3. The zero-order valence-electron chi connectivity index (χ0n) is 16.3. The summed E-state index contributed by atoms with van der Waals surface area (Å²) >= 11 is 1.02.